The Hall–Kier alpha value is -2.94. The zero-order valence-corrected chi connectivity index (χ0v) is 22.1. The molecular weight excluding hydrogens is 481 g/mol. The van der Waals surface area contributed by atoms with Crippen LogP contribution < -0.4 is 9.62 Å². The summed E-state index contributed by atoms with van der Waals surface area (Å²) in [4.78, 5) is 28.3. The molecule has 1 N–H and O–H groups in total. The van der Waals surface area contributed by atoms with Crippen LogP contribution in [-0.2, 0) is 32.6 Å². The summed E-state index contributed by atoms with van der Waals surface area (Å²) in [7, 11) is -3.78. The molecule has 9 heteroatoms. The number of nitrogens with zero attached hydrogens (tertiary/aromatic N) is 2. The van der Waals surface area contributed by atoms with Gasteiger partial charge in [0.2, 0.25) is 21.8 Å². The molecule has 3 rings (SSSR count). The SMILES string of the molecule is CCc1ccc(N(CC(=O)N(Cc2ccc(F)cc2)[C@@H](CC)C(=O)NC2CCCC2)S(C)(=O)=O)cc1. The van der Waals surface area contributed by atoms with Gasteiger partial charge in [0.05, 0.1) is 11.9 Å². The van der Waals surface area contributed by atoms with Gasteiger partial charge in [0, 0.05) is 12.6 Å². The maximum Gasteiger partial charge on any atom is 0.244 e. The molecule has 1 saturated carbocycles. The molecule has 0 unspecified atom stereocenters. The van der Waals surface area contributed by atoms with Crippen LogP contribution in [-0.4, -0.2) is 50.0 Å². The lowest BCUT2D eigenvalue weighted by molar-refractivity contribution is -0.140. The molecule has 1 atom stereocenters. The number of halogens is 1. The van der Waals surface area contributed by atoms with Crippen LogP contribution in [0.5, 0.6) is 0 Å². The van der Waals surface area contributed by atoms with Crippen molar-refractivity contribution in [3.05, 3.63) is 65.5 Å². The zero-order valence-electron chi connectivity index (χ0n) is 21.2. The van der Waals surface area contributed by atoms with Crippen molar-refractivity contribution in [1.29, 1.82) is 0 Å². The Kier molecular flexibility index (Phi) is 9.48. The average molecular weight is 518 g/mol. The summed E-state index contributed by atoms with van der Waals surface area (Å²) in [5, 5.41) is 3.06. The molecule has 196 valence electrons. The normalized spacial score (nSPS) is 14.9. The van der Waals surface area contributed by atoms with Gasteiger partial charge in [-0.25, -0.2) is 12.8 Å². The molecule has 2 aromatic carbocycles. The fourth-order valence-corrected chi connectivity index (χ4v) is 5.43. The molecule has 0 heterocycles. The lowest BCUT2D eigenvalue weighted by Gasteiger charge is -2.33. The van der Waals surface area contributed by atoms with Crippen molar-refractivity contribution in [1.82, 2.24) is 10.2 Å². The zero-order chi connectivity index (χ0) is 26.3. The average Bonchev–Trinajstić information content (AvgIpc) is 3.36. The van der Waals surface area contributed by atoms with Crippen LogP contribution in [0.4, 0.5) is 10.1 Å². The minimum absolute atomic E-state index is 0.0576. The van der Waals surface area contributed by atoms with Crippen LogP contribution in [0, 0.1) is 5.82 Å². The first-order valence-electron chi connectivity index (χ1n) is 12.5. The highest BCUT2D eigenvalue weighted by Crippen LogP contribution is 2.22. The van der Waals surface area contributed by atoms with Crippen LogP contribution in [0.2, 0.25) is 0 Å². The van der Waals surface area contributed by atoms with E-state index in [1.807, 2.05) is 26.0 Å². The summed E-state index contributed by atoms with van der Waals surface area (Å²) >= 11 is 0. The fraction of sp³-hybridized carbons (Fsp3) is 0.481. The van der Waals surface area contributed by atoms with E-state index in [0.29, 0.717) is 17.7 Å². The Balaban J connectivity index is 1.90. The first kappa shape index (κ1) is 27.6. The molecule has 0 saturated heterocycles. The van der Waals surface area contributed by atoms with Crippen LogP contribution in [0.3, 0.4) is 0 Å². The largest absolute Gasteiger partial charge is 0.352 e. The number of carbonyl (C=O) groups is 2. The van der Waals surface area contributed by atoms with Crippen molar-refractivity contribution < 1.29 is 22.4 Å². The number of sulfonamides is 1. The van der Waals surface area contributed by atoms with Gasteiger partial charge in [-0.2, -0.15) is 0 Å². The molecule has 0 spiro atoms. The van der Waals surface area contributed by atoms with E-state index in [-0.39, 0.29) is 18.5 Å². The van der Waals surface area contributed by atoms with Gasteiger partial charge < -0.3 is 10.2 Å². The molecule has 1 aliphatic rings. The minimum atomic E-state index is -3.78. The Morgan fingerprint density at radius 1 is 1.00 bits per heavy atom. The number of aryl methyl sites for hydroxylation is 1. The van der Waals surface area contributed by atoms with Gasteiger partial charge in [0.25, 0.3) is 0 Å². The van der Waals surface area contributed by atoms with Crippen molar-refractivity contribution in [3.63, 3.8) is 0 Å². The number of benzene rings is 2. The molecule has 0 aliphatic heterocycles. The first-order chi connectivity index (χ1) is 17.1. The van der Waals surface area contributed by atoms with Gasteiger partial charge >= 0.3 is 0 Å². The van der Waals surface area contributed by atoms with Crippen molar-refractivity contribution in [3.8, 4) is 0 Å². The second kappa shape index (κ2) is 12.3. The van der Waals surface area contributed by atoms with E-state index < -0.39 is 34.3 Å². The molecule has 7 nitrogen and oxygen atoms in total. The topological polar surface area (TPSA) is 86.8 Å². The molecule has 0 radical (unpaired) electrons. The van der Waals surface area contributed by atoms with Gasteiger partial charge in [-0.15, -0.1) is 0 Å². The maximum absolute atomic E-state index is 13.7. The van der Waals surface area contributed by atoms with Gasteiger partial charge in [-0.05, 0) is 61.1 Å². The van der Waals surface area contributed by atoms with Crippen LogP contribution >= 0.6 is 0 Å². The molecule has 1 aliphatic carbocycles. The minimum Gasteiger partial charge on any atom is -0.352 e. The predicted octanol–water partition coefficient (Wildman–Crippen LogP) is 4.02. The van der Waals surface area contributed by atoms with E-state index in [0.717, 1.165) is 48.2 Å². The number of hydrogen-bond donors (Lipinski definition) is 1. The molecule has 0 bridgehead atoms. The lowest BCUT2D eigenvalue weighted by Crippen LogP contribution is -2.53. The lowest BCUT2D eigenvalue weighted by atomic mass is 10.1. The van der Waals surface area contributed by atoms with E-state index in [1.165, 1.54) is 17.0 Å². The van der Waals surface area contributed by atoms with Crippen molar-refractivity contribution in [2.24, 2.45) is 0 Å². The number of rotatable bonds is 11. The second-order valence-corrected chi connectivity index (χ2v) is 11.3. The third-order valence-electron chi connectivity index (χ3n) is 6.67. The van der Waals surface area contributed by atoms with Crippen molar-refractivity contribution >= 4 is 27.5 Å². The Morgan fingerprint density at radius 2 is 1.58 bits per heavy atom. The smallest absolute Gasteiger partial charge is 0.244 e. The number of nitrogens with one attached hydrogen (secondary N) is 1. The number of carbonyl (C=O) groups excluding carboxylic acids is 2. The number of amides is 2. The van der Waals surface area contributed by atoms with E-state index in [2.05, 4.69) is 5.32 Å². The predicted molar refractivity (Wildman–Crippen MR) is 139 cm³/mol. The van der Waals surface area contributed by atoms with Gasteiger partial charge in [-0.3, -0.25) is 13.9 Å². The monoisotopic (exact) mass is 517 g/mol. The van der Waals surface area contributed by atoms with E-state index in [1.54, 1.807) is 24.3 Å². The molecule has 1 fully saturated rings. The van der Waals surface area contributed by atoms with Crippen LogP contribution in [0.1, 0.15) is 57.1 Å². The maximum atomic E-state index is 13.7. The van der Waals surface area contributed by atoms with Crippen LogP contribution in [0.25, 0.3) is 0 Å². The Morgan fingerprint density at radius 3 is 2.11 bits per heavy atom. The summed E-state index contributed by atoms with van der Waals surface area (Å²) in [6.07, 6.45) is 6.14. The van der Waals surface area contributed by atoms with Crippen molar-refractivity contribution in [2.45, 2.75) is 71.0 Å². The van der Waals surface area contributed by atoms with Gasteiger partial charge in [0.1, 0.15) is 18.4 Å². The quantitative estimate of drug-likeness (QED) is 0.488. The third kappa shape index (κ3) is 7.29. The van der Waals surface area contributed by atoms with Crippen molar-refractivity contribution in [2.75, 3.05) is 17.1 Å². The molecular formula is C27H36FN3O4S. The summed E-state index contributed by atoms with van der Waals surface area (Å²) in [6.45, 7) is 3.43. The van der Waals surface area contributed by atoms with E-state index in [4.69, 9.17) is 0 Å². The van der Waals surface area contributed by atoms with Gasteiger partial charge in [-0.1, -0.05) is 51.0 Å². The fourth-order valence-electron chi connectivity index (χ4n) is 4.59. The standard InChI is InChI=1S/C27H36FN3O4S/c1-4-20-12-16-24(17-13-20)31(36(3,34)35)19-26(32)30(18-21-10-14-22(28)15-11-21)25(5-2)27(33)29-23-8-6-7-9-23/h10-17,23,25H,4-9,18-19H2,1-3H3,(H,29,33)/t25-/m0/s1. The second-order valence-electron chi connectivity index (χ2n) is 9.35. The van der Waals surface area contributed by atoms with Gasteiger partial charge in [0.15, 0.2) is 0 Å². The third-order valence-corrected chi connectivity index (χ3v) is 7.81. The summed E-state index contributed by atoms with van der Waals surface area (Å²) in [6, 6.07) is 12.1. The van der Waals surface area contributed by atoms with E-state index >= 15 is 0 Å². The highest BCUT2D eigenvalue weighted by Gasteiger charge is 2.33. The molecule has 2 amide bonds. The Labute approximate surface area is 213 Å². The summed E-state index contributed by atoms with van der Waals surface area (Å²) in [5.74, 6) is -1.16. The van der Waals surface area contributed by atoms with Crippen LogP contribution in [0.15, 0.2) is 48.5 Å². The number of anilines is 1. The first-order valence-corrected chi connectivity index (χ1v) is 14.4. The molecule has 0 aromatic heterocycles. The summed E-state index contributed by atoms with van der Waals surface area (Å²) in [5.41, 5.74) is 2.08. The highest BCUT2D eigenvalue weighted by molar-refractivity contribution is 7.92. The number of hydrogen-bond acceptors (Lipinski definition) is 4. The highest BCUT2D eigenvalue weighted by atomic mass is 32.2. The van der Waals surface area contributed by atoms with E-state index in [9.17, 15) is 22.4 Å². The summed E-state index contributed by atoms with van der Waals surface area (Å²) < 4.78 is 39.9. The Bertz CT molecular complexity index is 1130. The molecule has 2 aromatic rings. The molecule has 36 heavy (non-hydrogen) atoms.